The first kappa shape index (κ1) is 18.9. The summed E-state index contributed by atoms with van der Waals surface area (Å²) in [5.41, 5.74) is 4.23. The number of Topliss-reactive ketones (excluding diaryl/α,β-unsaturated/α-hetero) is 1. The summed E-state index contributed by atoms with van der Waals surface area (Å²) >= 11 is 0. The van der Waals surface area contributed by atoms with Gasteiger partial charge in [0.2, 0.25) is 0 Å². The molecule has 3 aromatic rings. The van der Waals surface area contributed by atoms with Gasteiger partial charge in [-0.25, -0.2) is 0 Å². The Kier molecular flexibility index (Phi) is 5.72. The summed E-state index contributed by atoms with van der Waals surface area (Å²) in [7, 11) is 0. The van der Waals surface area contributed by atoms with Crippen molar-refractivity contribution in [2.75, 3.05) is 6.61 Å². The number of rotatable bonds is 4. The summed E-state index contributed by atoms with van der Waals surface area (Å²) < 4.78 is 5.89. The van der Waals surface area contributed by atoms with Crippen molar-refractivity contribution in [2.45, 2.75) is 27.4 Å². The fraction of sp³-hybridized carbons (Fsp3) is 0.208. The van der Waals surface area contributed by atoms with E-state index in [0.717, 1.165) is 38.8 Å². The number of aryl methyl sites for hydroxylation is 1. The van der Waals surface area contributed by atoms with Gasteiger partial charge in [0, 0.05) is 16.5 Å². The van der Waals surface area contributed by atoms with E-state index in [1.54, 1.807) is 0 Å². The van der Waals surface area contributed by atoms with Crippen LogP contribution in [0, 0.1) is 6.92 Å². The molecular formula is C24H24O3. The summed E-state index contributed by atoms with van der Waals surface area (Å²) in [6.45, 7) is 6.16. The smallest absolute Gasteiger partial charge is 0.193 e. The summed E-state index contributed by atoms with van der Waals surface area (Å²) in [5.74, 6) is 0.747. The highest BCUT2D eigenvalue weighted by Crippen LogP contribution is 2.31. The van der Waals surface area contributed by atoms with Crippen molar-refractivity contribution in [3.63, 3.8) is 0 Å². The van der Waals surface area contributed by atoms with E-state index in [0.29, 0.717) is 5.57 Å². The molecule has 27 heavy (non-hydrogen) atoms. The van der Waals surface area contributed by atoms with E-state index >= 15 is 0 Å². The number of carbonyl (C=O) groups is 1. The van der Waals surface area contributed by atoms with Crippen LogP contribution in [0.3, 0.4) is 0 Å². The van der Waals surface area contributed by atoms with Gasteiger partial charge in [0.15, 0.2) is 5.78 Å². The van der Waals surface area contributed by atoms with Crippen molar-refractivity contribution in [1.82, 2.24) is 0 Å². The Labute approximate surface area is 159 Å². The molecule has 3 aromatic carbocycles. The lowest BCUT2D eigenvalue weighted by Gasteiger charge is -2.18. The zero-order valence-electron chi connectivity index (χ0n) is 16.0. The minimum absolute atomic E-state index is 0.00550. The topological polar surface area (TPSA) is 46.5 Å². The van der Waals surface area contributed by atoms with Crippen molar-refractivity contribution in [3.8, 4) is 5.75 Å². The average Bonchev–Trinajstić information content (AvgIpc) is 2.71. The number of hydrogen-bond acceptors (Lipinski definition) is 3. The molecule has 3 heteroatoms. The molecule has 3 nitrogen and oxygen atoms in total. The fourth-order valence-corrected chi connectivity index (χ4v) is 3.34. The lowest BCUT2D eigenvalue weighted by molar-refractivity contribution is 0.102. The Morgan fingerprint density at radius 1 is 1.00 bits per heavy atom. The first-order chi connectivity index (χ1) is 13.2. The number of ketones is 1. The molecule has 1 aliphatic rings. The standard InChI is InChI=1S/C22H18O3.C2H6/c1-14-10-15(12-23)8-9-20(14)25-13-18-11-17-6-2-4-16-5-3-7-19(21(16)17)22(18)24;1-2/h2-11,23H,12-13H2,1H3;1-2H3. The maximum Gasteiger partial charge on any atom is 0.193 e. The Morgan fingerprint density at radius 3 is 2.44 bits per heavy atom. The van der Waals surface area contributed by atoms with Crippen LogP contribution in [0.25, 0.3) is 16.8 Å². The van der Waals surface area contributed by atoms with Crippen molar-refractivity contribution in [1.29, 1.82) is 0 Å². The molecule has 1 N–H and O–H groups in total. The molecule has 138 valence electrons. The second kappa shape index (κ2) is 8.19. The predicted octanol–water partition coefficient (Wildman–Crippen LogP) is 5.33. The molecule has 0 amide bonds. The molecule has 0 radical (unpaired) electrons. The minimum Gasteiger partial charge on any atom is -0.488 e. The normalized spacial score (nSPS) is 12.3. The van der Waals surface area contributed by atoms with E-state index in [-0.39, 0.29) is 19.0 Å². The molecule has 0 spiro atoms. The van der Waals surface area contributed by atoms with Gasteiger partial charge in [-0.15, -0.1) is 0 Å². The molecule has 0 saturated carbocycles. The third-order valence-corrected chi connectivity index (χ3v) is 4.61. The Balaban J connectivity index is 0.00000102. The predicted molar refractivity (Wildman–Crippen MR) is 110 cm³/mol. The molecule has 0 unspecified atom stereocenters. The first-order valence-electron chi connectivity index (χ1n) is 9.27. The van der Waals surface area contributed by atoms with Crippen LogP contribution < -0.4 is 4.74 Å². The van der Waals surface area contributed by atoms with Crippen molar-refractivity contribution >= 4 is 22.6 Å². The van der Waals surface area contributed by atoms with Gasteiger partial charge in [0.25, 0.3) is 0 Å². The SMILES string of the molecule is CC.Cc1cc(CO)ccc1OCC1=Cc2cccc3cccc(c23)C1=O. The molecule has 0 atom stereocenters. The highest BCUT2D eigenvalue weighted by Gasteiger charge is 2.22. The zero-order valence-corrected chi connectivity index (χ0v) is 16.0. The zero-order chi connectivity index (χ0) is 19.4. The highest BCUT2D eigenvalue weighted by atomic mass is 16.5. The van der Waals surface area contributed by atoms with Gasteiger partial charge in [-0.3, -0.25) is 4.79 Å². The number of aliphatic hydroxyl groups excluding tert-OH is 1. The lowest BCUT2D eigenvalue weighted by Crippen LogP contribution is -2.15. The number of carbonyl (C=O) groups excluding carboxylic acids is 1. The maximum atomic E-state index is 12.8. The summed E-state index contributed by atoms with van der Waals surface area (Å²) in [5, 5.41) is 11.3. The third kappa shape index (κ3) is 3.64. The maximum absolute atomic E-state index is 12.8. The van der Waals surface area contributed by atoms with Crippen molar-refractivity contribution < 1.29 is 14.6 Å². The molecular weight excluding hydrogens is 336 g/mol. The summed E-state index contributed by atoms with van der Waals surface area (Å²) in [6, 6.07) is 17.4. The monoisotopic (exact) mass is 360 g/mol. The highest BCUT2D eigenvalue weighted by molar-refractivity contribution is 6.22. The van der Waals surface area contributed by atoms with Crippen LogP contribution in [0.4, 0.5) is 0 Å². The largest absolute Gasteiger partial charge is 0.488 e. The van der Waals surface area contributed by atoms with E-state index in [1.165, 1.54) is 0 Å². The molecule has 1 aliphatic carbocycles. The molecule has 0 saturated heterocycles. The van der Waals surface area contributed by atoms with E-state index < -0.39 is 0 Å². The van der Waals surface area contributed by atoms with Crippen LogP contribution in [0.1, 0.15) is 40.9 Å². The molecule has 4 rings (SSSR count). The van der Waals surface area contributed by atoms with E-state index in [2.05, 4.69) is 0 Å². The van der Waals surface area contributed by atoms with Crippen LogP contribution in [0.15, 0.2) is 60.2 Å². The molecule has 0 bridgehead atoms. The number of hydrogen-bond donors (Lipinski definition) is 1. The van der Waals surface area contributed by atoms with Crippen molar-refractivity contribution in [2.24, 2.45) is 0 Å². The Hall–Kier alpha value is -2.91. The van der Waals surface area contributed by atoms with Crippen LogP contribution in [0.2, 0.25) is 0 Å². The number of ether oxygens (including phenoxy) is 1. The van der Waals surface area contributed by atoms with E-state index in [9.17, 15) is 9.90 Å². The number of benzene rings is 3. The molecule has 0 aliphatic heterocycles. The minimum atomic E-state index is 0.00550. The van der Waals surface area contributed by atoms with Gasteiger partial charge in [-0.05, 0) is 41.1 Å². The summed E-state index contributed by atoms with van der Waals surface area (Å²) in [6.07, 6.45) is 1.93. The third-order valence-electron chi connectivity index (χ3n) is 4.61. The first-order valence-corrected chi connectivity index (χ1v) is 9.27. The Bertz CT molecular complexity index is 1010. The van der Waals surface area contributed by atoms with E-state index in [4.69, 9.17) is 4.74 Å². The van der Waals surface area contributed by atoms with Gasteiger partial charge in [0.05, 0.1) is 6.61 Å². The van der Waals surface area contributed by atoms with Gasteiger partial charge < -0.3 is 9.84 Å². The fourth-order valence-electron chi connectivity index (χ4n) is 3.34. The molecule has 0 aromatic heterocycles. The van der Waals surface area contributed by atoms with Gasteiger partial charge >= 0.3 is 0 Å². The van der Waals surface area contributed by atoms with Gasteiger partial charge in [0.1, 0.15) is 12.4 Å². The summed E-state index contributed by atoms with van der Waals surface area (Å²) in [4.78, 5) is 12.8. The average molecular weight is 360 g/mol. The van der Waals surface area contributed by atoms with Gasteiger partial charge in [-0.1, -0.05) is 62.4 Å². The quantitative estimate of drug-likeness (QED) is 0.684. The molecule has 0 fully saturated rings. The number of aliphatic hydroxyl groups is 1. The lowest BCUT2D eigenvalue weighted by atomic mass is 9.88. The second-order valence-corrected chi connectivity index (χ2v) is 6.30. The van der Waals surface area contributed by atoms with Gasteiger partial charge in [-0.2, -0.15) is 0 Å². The van der Waals surface area contributed by atoms with Crippen LogP contribution >= 0.6 is 0 Å². The second-order valence-electron chi connectivity index (χ2n) is 6.30. The Morgan fingerprint density at radius 2 is 1.74 bits per heavy atom. The van der Waals surface area contributed by atoms with Crippen LogP contribution in [0.5, 0.6) is 5.75 Å². The van der Waals surface area contributed by atoms with E-state index in [1.807, 2.05) is 81.4 Å². The van der Waals surface area contributed by atoms with Crippen LogP contribution in [-0.2, 0) is 6.61 Å². The molecule has 0 heterocycles. The van der Waals surface area contributed by atoms with Crippen molar-refractivity contribution in [3.05, 3.63) is 82.4 Å². The van der Waals surface area contributed by atoms with Crippen LogP contribution in [-0.4, -0.2) is 17.5 Å².